The Kier molecular flexibility index (Phi) is 3.89. The minimum absolute atomic E-state index is 0.884. The van der Waals surface area contributed by atoms with Crippen molar-refractivity contribution in [1.82, 2.24) is 10.3 Å². The van der Waals surface area contributed by atoms with Gasteiger partial charge in [0, 0.05) is 25.8 Å². The van der Waals surface area contributed by atoms with Gasteiger partial charge in [0.05, 0.1) is 0 Å². The van der Waals surface area contributed by atoms with E-state index >= 15 is 0 Å². The lowest BCUT2D eigenvalue weighted by Crippen LogP contribution is -2.18. The smallest absolute Gasteiger partial charge is 0.128 e. The molecule has 0 radical (unpaired) electrons. The number of aromatic nitrogens is 1. The predicted molar refractivity (Wildman–Crippen MR) is 60.7 cm³/mol. The van der Waals surface area contributed by atoms with Crippen LogP contribution < -0.4 is 10.2 Å². The standard InChI is InChI=1S/C11H19N3/c1-5-14(4)11-7-6-10(8-12-3)9(2)13-11/h6-7,12H,5,8H2,1-4H3. The average molecular weight is 193 g/mol. The molecule has 0 saturated heterocycles. The largest absolute Gasteiger partial charge is 0.360 e. The van der Waals surface area contributed by atoms with Crippen molar-refractivity contribution in [2.75, 3.05) is 25.5 Å². The van der Waals surface area contributed by atoms with Gasteiger partial charge in [-0.15, -0.1) is 0 Å². The summed E-state index contributed by atoms with van der Waals surface area (Å²) in [4.78, 5) is 6.68. The van der Waals surface area contributed by atoms with Crippen LogP contribution >= 0.6 is 0 Å². The first-order valence-corrected chi connectivity index (χ1v) is 5.01. The molecule has 1 heterocycles. The Morgan fingerprint density at radius 2 is 2.14 bits per heavy atom. The second-order valence-corrected chi connectivity index (χ2v) is 3.46. The molecular formula is C11H19N3. The molecule has 1 N–H and O–H groups in total. The maximum absolute atomic E-state index is 4.55. The number of anilines is 1. The van der Waals surface area contributed by atoms with Crippen LogP contribution in [0.2, 0.25) is 0 Å². The lowest BCUT2D eigenvalue weighted by Gasteiger charge is -2.17. The van der Waals surface area contributed by atoms with E-state index in [2.05, 4.69) is 48.2 Å². The van der Waals surface area contributed by atoms with Gasteiger partial charge >= 0.3 is 0 Å². The molecule has 1 rings (SSSR count). The molecule has 78 valence electrons. The Morgan fingerprint density at radius 1 is 1.43 bits per heavy atom. The van der Waals surface area contributed by atoms with Crippen LogP contribution in [0.3, 0.4) is 0 Å². The normalized spacial score (nSPS) is 10.3. The number of nitrogens with zero attached hydrogens (tertiary/aromatic N) is 2. The molecule has 0 fully saturated rings. The molecule has 0 aliphatic rings. The molecule has 0 aliphatic carbocycles. The van der Waals surface area contributed by atoms with Gasteiger partial charge in [-0.25, -0.2) is 4.98 Å². The van der Waals surface area contributed by atoms with Crippen molar-refractivity contribution in [3.63, 3.8) is 0 Å². The van der Waals surface area contributed by atoms with Gasteiger partial charge in [0.15, 0.2) is 0 Å². The number of rotatable bonds is 4. The molecule has 0 aromatic carbocycles. The third-order valence-electron chi connectivity index (χ3n) is 2.41. The highest BCUT2D eigenvalue weighted by Crippen LogP contribution is 2.13. The minimum Gasteiger partial charge on any atom is -0.360 e. The maximum atomic E-state index is 4.55. The SMILES string of the molecule is CCN(C)c1ccc(CNC)c(C)n1. The summed E-state index contributed by atoms with van der Waals surface area (Å²) in [6, 6.07) is 4.21. The quantitative estimate of drug-likeness (QED) is 0.786. The molecule has 0 bridgehead atoms. The summed E-state index contributed by atoms with van der Waals surface area (Å²) in [5, 5.41) is 3.13. The van der Waals surface area contributed by atoms with Gasteiger partial charge < -0.3 is 10.2 Å². The second kappa shape index (κ2) is 4.96. The summed E-state index contributed by atoms with van der Waals surface area (Å²) in [6.45, 7) is 6.05. The molecule has 3 heteroatoms. The van der Waals surface area contributed by atoms with E-state index in [1.165, 1.54) is 5.56 Å². The first-order chi connectivity index (χ1) is 6.69. The van der Waals surface area contributed by atoms with Crippen LogP contribution in [0.5, 0.6) is 0 Å². The molecule has 1 aromatic heterocycles. The summed E-state index contributed by atoms with van der Waals surface area (Å²) < 4.78 is 0. The third-order valence-corrected chi connectivity index (χ3v) is 2.41. The van der Waals surface area contributed by atoms with Crippen LogP contribution in [0.1, 0.15) is 18.2 Å². The Balaban J connectivity index is 2.88. The Morgan fingerprint density at radius 3 is 2.64 bits per heavy atom. The second-order valence-electron chi connectivity index (χ2n) is 3.46. The predicted octanol–water partition coefficient (Wildman–Crippen LogP) is 1.57. The van der Waals surface area contributed by atoms with Crippen molar-refractivity contribution < 1.29 is 0 Å². The highest BCUT2D eigenvalue weighted by atomic mass is 15.2. The zero-order valence-electron chi connectivity index (χ0n) is 9.46. The van der Waals surface area contributed by atoms with Crippen LogP contribution in [0.15, 0.2) is 12.1 Å². The zero-order chi connectivity index (χ0) is 10.6. The van der Waals surface area contributed by atoms with Crippen LogP contribution in [-0.2, 0) is 6.54 Å². The molecule has 0 aliphatic heterocycles. The fraction of sp³-hybridized carbons (Fsp3) is 0.545. The molecule has 0 spiro atoms. The topological polar surface area (TPSA) is 28.2 Å². The van der Waals surface area contributed by atoms with Crippen LogP contribution in [0.25, 0.3) is 0 Å². The fourth-order valence-electron chi connectivity index (χ4n) is 1.33. The van der Waals surface area contributed by atoms with Gasteiger partial charge in [-0.1, -0.05) is 6.07 Å². The van der Waals surface area contributed by atoms with Gasteiger partial charge in [0.1, 0.15) is 5.82 Å². The molecule has 3 nitrogen and oxygen atoms in total. The third kappa shape index (κ3) is 2.45. The van der Waals surface area contributed by atoms with Crippen molar-refractivity contribution in [3.8, 4) is 0 Å². The molecule has 0 saturated carbocycles. The Hall–Kier alpha value is -1.09. The molecule has 1 aromatic rings. The number of nitrogens with one attached hydrogen (secondary N) is 1. The summed E-state index contributed by atoms with van der Waals surface area (Å²) >= 11 is 0. The summed E-state index contributed by atoms with van der Waals surface area (Å²) in [6.07, 6.45) is 0. The van der Waals surface area contributed by atoms with E-state index in [-0.39, 0.29) is 0 Å². The maximum Gasteiger partial charge on any atom is 0.128 e. The van der Waals surface area contributed by atoms with Gasteiger partial charge in [-0.2, -0.15) is 0 Å². The van der Waals surface area contributed by atoms with Crippen molar-refractivity contribution in [1.29, 1.82) is 0 Å². The minimum atomic E-state index is 0.884. The number of hydrogen-bond acceptors (Lipinski definition) is 3. The van der Waals surface area contributed by atoms with E-state index < -0.39 is 0 Å². The average Bonchev–Trinajstić information content (AvgIpc) is 2.20. The van der Waals surface area contributed by atoms with Crippen molar-refractivity contribution in [2.45, 2.75) is 20.4 Å². The van der Waals surface area contributed by atoms with Crippen molar-refractivity contribution >= 4 is 5.82 Å². The van der Waals surface area contributed by atoms with Crippen molar-refractivity contribution in [3.05, 3.63) is 23.4 Å². The highest BCUT2D eigenvalue weighted by molar-refractivity contribution is 5.40. The summed E-state index contributed by atoms with van der Waals surface area (Å²) in [5.41, 5.74) is 2.37. The van der Waals surface area contributed by atoms with E-state index in [1.54, 1.807) is 0 Å². The van der Waals surface area contributed by atoms with Gasteiger partial charge in [0.2, 0.25) is 0 Å². The van der Waals surface area contributed by atoms with Crippen LogP contribution in [0, 0.1) is 6.92 Å². The fourth-order valence-corrected chi connectivity index (χ4v) is 1.33. The van der Waals surface area contributed by atoms with Gasteiger partial charge in [-0.05, 0) is 32.5 Å². The molecular weight excluding hydrogens is 174 g/mol. The molecule has 0 amide bonds. The van der Waals surface area contributed by atoms with Crippen LogP contribution in [0.4, 0.5) is 5.82 Å². The first-order valence-electron chi connectivity index (χ1n) is 5.01. The van der Waals surface area contributed by atoms with E-state index in [1.807, 2.05) is 7.05 Å². The number of pyridine rings is 1. The van der Waals surface area contributed by atoms with E-state index in [0.717, 1.165) is 24.6 Å². The van der Waals surface area contributed by atoms with Gasteiger partial charge in [0.25, 0.3) is 0 Å². The molecule has 0 atom stereocenters. The molecule has 0 unspecified atom stereocenters. The Labute approximate surface area is 86.2 Å². The van der Waals surface area contributed by atoms with E-state index in [0.29, 0.717) is 0 Å². The summed E-state index contributed by atoms with van der Waals surface area (Å²) in [5.74, 6) is 1.05. The van der Waals surface area contributed by atoms with Crippen LogP contribution in [-0.4, -0.2) is 25.6 Å². The number of hydrogen-bond donors (Lipinski definition) is 1. The lowest BCUT2D eigenvalue weighted by atomic mass is 10.2. The van der Waals surface area contributed by atoms with Crippen molar-refractivity contribution in [2.24, 2.45) is 0 Å². The summed E-state index contributed by atoms with van der Waals surface area (Å²) in [7, 11) is 4.00. The first kappa shape index (κ1) is 11.0. The lowest BCUT2D eigenvalue weighted by molar-refractivity contribution is 0.801. The monoisotopic (exact) mass is 193 g/mol. The molecule has 14 heavy (non-hydrogen) atoms. The number of aryl methyl sites for hydroxylation is 1. The van der Waals surface area contributed by atoms with E-state index in [4.69, 9.17) is 0 Å². The Bertz CT molecular complexity index is 297. The van der Waals surface area contributed by atoms with E-state index in [9.17, 15) is 0 Å². The zero-order valence-corrected chi connectivity index (χ0v) is 9.46. The highest BCUT2D eigenvalue weighted by Gasteiger charge is 2.03. The van der Waals surface area contributed by atoms with Gasteiger partial charge in [-0.3, -0.25) is 0 Å².